The molecule has 3 aliphatic rings. The van der Waals surface area contributed by atoms with Crippen molar-refractivity contribution in [2.45, 2.75) is 12.0 Å². The van der Waals surface area contributed by atoms with E-state index in [4.69, 9.17) is 22.1 Å². The van der Waals surface area contributed by atoms with Crippen molar-refractivity contribution >= 4 is 34.9 Å². The number of nitriles is 1. The summed E-state index contributed by atoms with van der Waals surface area (Å²) in [6, 6.07) is 25.8. The summed E-state index contributed by atoms with van der Waals surface area (Å²) in [6.07, 6.45) is 0. The molecule has 36 heavy (non-hydrogen) atoms. The zero-order valence-corrected chi connectivity index (χ0v) is 19.7. The monoisotopic (exact) mass is 494 g/mol. The van der Waals surface area contributed by atoms with Crippen LogP contribution in [0.4, 0.5) is 11.4 Å². The van der Waals surface area contributed by atoms with Crippen LogP contribution < -0.4 is 15.5 Å². The molecule has 3 aliphatic heterocycles. The Hall–Kier alpha value is -4.54. The molecule has 2 N–H and O–H groups in total. The van der Waals surface area contributed by atoms with E-state index < -0.39 is 17.3 Å². The molecule has 8 heteroatoms. The third kappa shape index (κ3) is 2.85. The first-order chi connectivity index (χ1) is 17.5. The Bertz CT molecular complexity index is 1560. The number of benzene rings is 3. The van der Waals surface area contributed by atoms with Crippen LogP contribution in [0.1, 0.15) is 11.1 Å². The number of anilines is 2. The van der Waals surface area contributed by atoms with Crippen LogP contribution in [0, 0.1) is 11.3 Å². The van der Waals surface area contributed by atoms with Gasteiger partial charge in [0.1, 0.15) is 23.9 Å². The molecule has 176 valence electrons. The highest BCUT2D eigenvalue weighted by Gasteiger charge is 2.63. The number of hydrogen-bond donors (Lipinski definition) is 1. The number of para-hydroxylation sites is 1. The van der Waals surface area contributed by atoms with Crippen LogP contribution in [0.5, 0.6) is 0 Å². The molecule has 3 aromatic carbocycles. The van der Waals surface area contributed by atoms with Crippen LogP contribution in [0.15, 0.2) is 102 Å². The van der Waals surface area contributed by atoms with Crippen molar-refractivity contribution in [2.24, 2.45) is 5.73 Å². The molecule has 0 aliphatic carbocycles. The number of ether oxygens (including phenoxy) is 1. The number of hydrogen-bond acceptors (Lipinski definition) is 6. The Morgan fingerprint density at radius 1 is 1.03 bits per heavy atom. The standard InChI is InChI=1S/C28H19ClN4O3/c29-18-9-6-10-19(13-18)33-23-16-36-26(34)24(23)28(21(14-30)25(33)31)20-11-4-5-12-22(20)32(27(28)35)15-17-7-2-1-3-8-17/h1-13H,15-16,31H2/t28-/m1/s1. The van der Waals surface area contributed by atoms with Gasteiger partial charge in [-0.25, -0.2) is 4.79 Å². The van der Waals surface area contributed by atoms with Gasteiger partial charge in [0.05, 0.1) is 23.4 Å². The number of carbonyl (C=O) groups excluding carboxylic acids is 2. The third-order valence-corrected chi connectivity index (χ3v) is 7.11. The first-order valence-electron chi connectivity index (χ1n) is 11.3. The molecule has 0 bridgehead atoms. The predicted octanol–water partition coefficient (Wildman–Crippen LogP) is 4.15. The Labute approximate surface area is 212 Å². The van der Waals surface area contributed by atoms with E-state index in [0.29, 0.717) is 27.7 Å². The fourth-order valence-corrected chi connectivity index (χ4v) is 5.61. The Morgan fingerprint density at radius 2 is 1.78 bits per heavy atom. The average molecular weight is 495 g/mol. The van der Waals surface area contributed by atoms with Crippen molar-refractivity contribution in [2.75, 3.05) is 16.4 Å². The Balaban J connectivity index is 1.63. The molecule has 0 radical (unpaired) electrons. The first-order valence-corrected chi connectivity index (χ1v) is 11.7. The summed E-state index contributed by atoms with van der Waals surface area (Å²) in [7, 11) is 0. The number of nitrogens with zero attached hydrogens (tertiary/aromatic N) is 3. The molecule has 0 unspecified atom stereocenters. The molecule has 0 saturated carbocycles. The summed E-state index contributed by atoms with van der Waals surface area (Å²) < 4.78 is 5.48. The normalized spacial score (nSPS) is 20.6. The van der Waals surface area contributed by atoms with E-state index in [1.807, 2.05) is 42.5 Å². The van der Waals surface area contributed by atoms with Crippen molar-refractivity contribution < 1.29 is 14.3 Å². The number of carbonyl (C=O) groups is 2. The van der Waals surface area contributed by atoms with Gasteiger partial charge >= 0.3 is 5.97 Å². The predicted molar refractivity (Wildman–Crippen MR) is 134 cm³/mol. The lowest BCUT2D eigenvalue weighted by Crippen LogP contribution is -2.50. The summed E-state index contributed by atoms with van der Waals surface area (Å²) in [5.74, 6) is -1.01. The smallest absolute Gasteiger partial charge is 0.338 e. The van der Waals surface area contributed by atoms with Gasteiger partial charge in [-0.05, 0) is 29.8 Å². The number of nitrogens with two attached hydrogens (primary N) is 1. The van der Waals surface area contributed by atoms with Gasteiger partial charge in [0, 0.05) is 22.0 Å². The van der Waals surface area contributed by atoms with Crippen molar-refractivity contribution in [3.05, 3.63) is 118 Å². The lowest BCUT2D eigenvalue weighted by Gasteiger charge is -2.38. The minimum absolute atomic E-state index is 0.0203. The molecule has 3 heterocycles. The molecule has 0 saturated heterocycles. The van der Waals surface area contributed by atoms with Crippen molar-refractivity contribution in [1.82, 2.24) is 0 Å². The minimum atomic E-state index is -1.71. The number of rotatable bonds is 3. The second kappa shape index (κ2) is 8.01. The van der Waals surface area contributed by atoms with E-state index in [1.54, 1.807) is 46.2 Å². The van der Waals surface area contributed by atoms with E-state index >= 15 is 0 Å². The zero-order valence-electron chi connectivity index (χ0n) is 18.9. The molecular weight excluding hydrogens is 476 g/mol. The van der Waals surface area contributed by atoms with Gasteiger partial charge in [-0.1, -0.05) is 66.2 Å². The lowest BCUT2D eigenvalue weighted by molar-refractivity contribution is -0.137. The Kier molecular flexibility index (Phi) is 4.88. The number of fused-ring (bicyclic) bond motifs is 3. The molecule has 1 spiro atoms. The van der Waals surface area contributed by atoms with Crippen LogP contribution in [-0.2, 0) is 26.3 Å². The highest BCUT2D eigenvalue weighted by atomic mass is 35.5. The summed E-state index contributed by atoms with van der Waals surface area (Å²) in [5, 5.41) is 10.9. The maximum Gasteiger partial charge on any atom is 0.338 e. The van der Waals surface area contributed by atoms with Gasteiger partial charge in [0.15, 0.2) is 0 Å². The molecular formula is C28H19ClN4O3. The average Bonchev–Trinajstić information content (AvgIpc) is 3.37. The molecule has 1 amide bonds. The quantitative estimate of drug-likeness (QED) is 0.549. The summed E-state index contributed by atoms with van der Waals surface area (Å²) in [5.41, 5.74) is 8.09. The molecule has 0 aromatic heterocycles. The van der Waals surface area contributed by atoms with Gasteiger partial charge in [0.25, 0.3) is 0 Å². The summed E-state index contributed by atoms with van der Waals surface area (Å²) in [6.45, 7) is 0.183. The van der Waals surface area contributed by atoms with E-state index in [9.17, 15) is 14.9 Å². The minimum Gasteiger partial charge on any atom is -0.456 e. The maximum atomic E-state index is 14.4. The van der Waals surface area contributed by atoms with Crippen molar-refractivity contribution in [3.63, 3.8) is 0 Å². The maximum absolute atomic E-state index is 14.4. The molecule has 0 fully saturated rings. The second-order valence-electron chi connectivity index (χ2n) is 8.73. The van der Waals surface area contributed by atoms with Crippen LogP contribution >= 0.6 is 11.6 Å². The van der Waals surface area contributed by atoms with Gasteiger partial charge < -0.3 is 15.4 Å². The topological polar surface area (TPSA) is 99.7 Å². The number of halogens is 1. The van der Waals surface area contributed by atoms with E-state index in [0.717, 1.165) is 5.56 Å². The highest BCUT2D eigenvalue weighted by Crippen LogP contribution is 2.56. The highest BCUT2D eigenvalue weighted by molar-refractivity contribution is 6.30. The second-order valence-corrected chi connectivity index (χ2v) is 9.17. The fourth-order valence-electron chi connectivity index (χ4n) is 5.43. The van der Waals surface area contributed by atoms with Crippen molar-refractivity contribution in [3.8, 4) is 6.07 Å². The largest absolute Gasteiger partial charge is 0.456 e. The number of esters is 1. The van der Waals surface area contributed by atoms with Gasteiger partial charge in [-0.15, -0.1) is 0 Å². The number of amides is 1. The van der Waals surface area contributed by atoms with Crippen LogP contribution in [-0.4, -0.2) is 18.5 Å². The Morgan fingerprint density at radius 3 is 2.53 bits per heavy atom. The van der Waals surface area contributed by atoms with Crippen LogP contribution in [0.2, 0.25) is 5.02 Å². The van der Waals surface area contributed by atoms with Crippen molar-refractivity contribution in [1.29, 1.82) is 5.26 Å². The number of cyclic esters (lactones) is 1. The van der Waals surface area contributed by atoms with Gasteiger partial charge in [0.2, 0.25) is 5.91 Å². The van der Waals surface area contributed by atoms with E-state index in [1.165, 1.54) is 0 Å². The van der Waals surface area contributed by atoms with E-state index in [2.05, 4.69) is 6.07 Å². The third-order valence-electron chi connectivity index (χ3n) is 6.88. The van der Waals surface area contributed by atoms with Crippen LogP contribution in [0.25, 0.3) is 0 Å². The molecule has 1 atom stereocenters. The first kappa shape index (κ1) is 22.0. The summed E-state index contributed by atoms with van der Waals surface area (Å²) in [4.78, 5) is 31.0. The summed E-state index contributed by atoms with van der Waals surface area (Å²) >= 11 is 6.24. The molecule has 6 rings (SSSR count). The molecule has 7 nitrogen and oxygen atoms in total. The van der Waals surface area contributed by atoms with Gasteiger partial charge in [-0.2, -0.15) is 5.26 Å². The fraction of sp³-hybridized carbons (Fsp3) is 0.107. The van der Waals surface area contributed by atoms with E-state index in [-0.39, 0.29) is 30.1 Å². The molecule has 3 aromatic rings. The van der Waals surface area contributed by atoms with Gasteiger partial charge in [-0.3, -0.25) is 9.69 Å². The van der Waals surface area contributed by atoms with Crippen LogP contribution in [0.3, 0.4) is 0 Å². The lowest BCUT2D eigenvalue weighted by atomic mass is 9.67. The SMILES string of the molecule is N#CC1=C(N)N(c2cccc(Cl)c2)C2=C(C(=O)OC2)[C@]12C(=O)N(Cc1ccccc1)c1ccccc12. The zero-order chi connectivity index (χ0) is 25.0.